The lowest BCUT2D eigenvalue weighted by Crippen LogP contribution is -2.00. The van der Waals surface area contributed by atoms with Gasteiger partial charge >= 0.3 is 0 Å². The summed E-state index contributed by atoms with van der Waals surface area (Å²) in [5, 5.41) is 10.3. The fourth-order valence-corrected chi connectivity index (χ4v) is 1.86. The van der Waals surface area contributed by atoms with E-state index in [1.54, 1.807) is 12.4 Å². The average Bonchev–Trinajstić information content (AvgIpc) is 2.97. The summed E-state index contributed by atoms with van der Waals surface area (Å²) >= 11 is 0. The van der Waals surface area contributed by atoms with Crippen LogP contribution in [0, 0.1) is 6.92 Å². The van der Waals surface area contributed by atoms with Crippen molar-refractivity contribution in [3.8, 4) is 11.4 Å². The number of pyridine rings is 1. The van der Waals surface area contributed by atoms with E-state index in [1.807, 2.05) is 12.1 Å². The molecule has 0 unspecified atom stereocenters. The van der Waals surface area contributed by atoms with Crippen LogP contribution in [0.4, 0.5) is 5.95 Å². The highest BCUT2D eigenvalue weighted by Crippen LogP contribution is 2.14. The summed E-state index contributed by atoms with van der Waals surface area (Å²) in [5.74, 6) is 1.30. The maximum atomic E-state index is 4.40. The van der Waals surface area contributed by atoms with Crippen molar-refractivity contribution in [1.29, 1.82) is 0 Å². The number of aryl methyl sites for hydroxylation is 1. The summed E-state index contributed by atoms with van der Waals surface area (Å²) in [6, 6.07) is 12.2. The maximum absolute atomic E-state index is 4.40. The first kappa shape index (κ1) is 12.3. The van der Waals surface area contributed by atoms with Gasteiger partial charge in [0.25, 0.3) is 0 Å². The number of rotatable bonds is 4. The third kappa shape index (κ3) is 2.83. The SMILES string of the molecule is Cc1ccc(CNc2n[nH]c(-c3cccnc3)n2)cc1. The molecule has 0 saturated heterocycles. The van der Waals surface area contributed by atoms with Gasteiger partial charge in [-0.3, -0.25) is 10.1 Å². The topological polar surface area (TPSA) is 66.5 Å². The first-order valence-electron chi connectivity index (χ1n) is 6.43. The van der Waals surface area contributed by atoms with Crippen molar-refractivity contribution in [2.75, 3.05) is 5.32 Å². The van der Waals surface area contributed by atoms with Crippen molar-refractivity contribution in [3.05, 3.63) is 59.9 Å². The minimum absolute atomic E-state index is 0.587. The number of aromatic nitrogens is 4. The molecule has 0 bridgehead atoms. The summed E-state index contributed by atoms with van der Waals surface area (Å²) in [4.78, 5) is 8.46. The Hall–Kier alpha value is -2.69. The summed E-state index contributed by atoms with van der Waals surface area (Å²) in [5.41, 5.74) is 3.37. The highest BCUT2D eigenvalue weighted by Gasteiger charge is 2.04. The summed E-state index contributed by atoms with van der Waals surface area (Å²) in [6.07, 6.45) is 3.49. The standard InChI is InChI=1S/C15H15N5/c1-11-4-6-12(7-5-11)9-17-15-18-14(19-20-15)13-3-2-8-16-10-13/h2-8,10H,9H2,1H3,(H2,17,18,19,20). The molecule has 0 aliphatic rings. The minimum atomic E-state index is 0.587. The van der Waals surface area contributed by atoms with Gasteiger partial charge in [-0.05, 0) is 24.6 Å². The van der Waals surface area contributed by atoms with Crippen molar-refractivity contribution in [2.45, 2.75) is 13.5 Å². The van der Waals surface area contributed by atoms with E-state index in [0.717, 1.165) is 5.56 Å². The minimum Gasteiger partial charge on any atom is -0.349 e. The quantitative estimate of drug-likeness (QED) is 0.761. The van der Waals surface area contributed by atoms with Crippen molar-refractivity contribution in [2.24, 2.45) is 0 Å². The Morgan fingerprint density at radius 1 is 1.15 bits per heavy atom. The monoisotopic (exact) mass is 265 g/mol. The lowest BCUT2D eigenvalue weighted by atomic mass is 10.1. The molecule has 0 radical (unpaired) electrons. The highest BCUT2D eigenvalue weighted by atomic mass is 15.3. The van der Waals surface area contributed by atoms with Crippen LogP contribution in [0.5, 0.6) is 0 Å². The second kappa shape index (κ2) is 5.52. The Balaban J connectivity index is 1.67. The number of benzene rings is 1. The Labute approximate surface area is 117 Å². The summed E-state index contributed by atoms with van der Waals surface area (Å²) < 4.78 is 0. The average molecular weight is 265 g/mol. The summed E-state index contributed by atoms with van der Waals surface area (Å²) in [7, 11) is 0. The number of nitrogens with one attached hydrogen (secondary N) is 2. The van der Waals surface area contributed by atoms with E-state index in [0.29, 0.717) is 18.3 Å². The van der Waals surface area contributed by atoms with Gasteiger partial charge < -0.3 is 5.32 Å². The van der Waals surface area contributed by atoms with E-state index < -0.39 is 0 Å². The van der Waals surface area contributed by atoms with E-state index in [-0.39, 0.29) is 0 Å². The summed E-state index contributed by atoms with van der Waals surface area (Å²) in [6.45, 7) is 2.78. The Morgan fingerprint density at radius 3 is 2.75 bits per heavy atom. The molecule has 3 aromatic rings. The van der Waals surface area contributed by atoms with E-state index in [9.17, 15) is 0 Å². The molecule has 0 aliphatic carbocycles. The van der Waals surface area contributed by atoms with E-state index in [2.05, 4.69) is 56.7 Å². The predicted molar refractivity (Wildman–Crippen MR) is 78.1 cm³/mol. The number of H-pyrrole nitrogens is 1. The first-order chi connectivity index (χ1) is 9.81. The molecule has 2 heterocycles. The number of nitrogens with zero attached hydrogens (tertiary/aromatic N) is 3. The lowest BCUT2D eigenvalue weighted by molar-refractivity contribution is 1.04. The second-order valence-electron chi connectivity index (χ2n) is 4.59. The van der Waals surface area contributed by atoms with Crippen LogP contribution in [0.25, 0.3) is 11.4 Å². The van der Waals surface area contributed by atoms with Gasteiger partial charge in [0.1, 0.15) is 0 Å². The second-order valence-corrected chi connectivity index (χ2v) is 4.59. The van der Waals surface area contributed by atoms with Gasteiger partial charge in [0, 0.05) is 24.5 Å². The molecule has 20 heavy (non-hydrogen) atoms. The molecular formula is C15H15N5. The molecule has 5 nitrogen and oxygen atoms in total. The van der Waals surface area contributed by atoms with E-state index in [4.69, 9.17) is 0 Å². The molecule has 3 rings (SSSR count). The molecule has 0 fully saturated rings. The van der Waals surface area contributed by atoms with Crippen LogP contribution in [0.15, 0.2) is 48.8 Å². The number of anilines is 1. The molecule has 0 saturated carbocycles. The lowest BCUT2D eigenvalue weighted by Gasteiger charge is -2.02. The van der Waals surface area contributed by atoms with Crippen LogP contribution in [0.3, 0.4) is 0 Å². The zero-order chi connectivity index (χ0) is 13.8. The van der Waals surface area contributed by atoms with Crippen LogP contribution in [-0.4, -0.2) is 20.2 Å². The van der Waals surface area contributed by atoms with Gasteiger partial charge in [0.2, 0.25) is 5.95 Å². The van der Waals surface area contributed by atoms with Crippen LogP contribution in [0.2, 0.25) is 0 Å². The normalized spacial score (nSPS) is 10.4. The number of hydrogen-bond acceptors (Lipinski definition) is 4. The van der Waals surface area contributed by atoms with Gasteiger partial charge in [-0.25, -0.2) is 0 Å². The van der Waals surface area contributed by atoms with Gasteiger partial charge in [0.05, 0.1) is 0 Å². The van der Waals surface area contributed by atoms with Crippen LogP contribution < -0.4 is 5.32 Å². The van der Waals surface area contributed by atoms with Crippen molar-refractivity contribution in [1.82, 2.24) is 20.2 Å². The Kier molecular flexibility index (Phi) is 3.41. The van der Waals surface area contributed by atoms with Crippen LogP contribution in [0.1, 0.15) is 11.1 Å². The largest absolute Gasteiger partial charge is 0.349 e. The van der Waals surface area contributed by atoms with Crippen molar-refractivity contribution >= 4 is 5.95 Å². The molecule has 2 aromatic heterocycles. The molecule has 2 N–H and O–H groups in total. The van der Waals surface area contributed by atoms with Crippen molar-refractivity contribution < 1.29 is 0 Å². The molecule has 5 heteroatoms. The molecule has 0 spiro atoms. The van der Waals surface area contributed by atoms with Crippen LogP contribution >= 0.6 is 0 Å². The zero-order valence-electron chi connectivity index (χ0n) is 11.2. The third-order valence-electron chi connectivity index (χ3n) is 2.99. The van der Waals surface area contributed by atoms with E-state index in [1.165, 1.54) is 11.1 Å². The third-order valence-corrected chi connectivity index (χ3v) is 2.99. The predicted octanol–water partition coefficient (Wildman–Crippen LogP) is 2.79. The molecule has 0 amide bonds. The zero-order valence-corrected chi connectivity index (χ0v) is 11.2. The first-order valence-corrected chi connectivity index (χ1v) is 6.43. The Bertz CT molecular complexity index is 673. The Morgan fingerprint density at radius 2 is 2.00 bits per heavy atom. The highest BCUT2D eigenvalue weighted by molar-refractivity contribution is 5.54. The molecule has 0 aliphatic heterocycles. The van der Waals surface area contributed by atoms with Crippen LogP contribution in [-0.2, 0) is 6.54 Å². The molecule has 1 aromatic carbocycles. The fourth-order valence-electron chi connectivity index (χ4n) is 1.86. The maximum Gasteiger partial charge on any atom is 0.242 e. The number of aromatic amines is 1. The molecular weight excluding hydrogens is 250 g/mol. The molecule has 100 valence electrons. The van der Waals surface area contributed by atoms with Gasteiger partial charge in [-0.1, -0.05) is 29.8 Å². The smallest absolute Gasteiger partial charge is 0.242 e. The van der Waals surface area contributed by atoms with Gasteiger partial charge in [-0.15, -0.1) is 5.10 Å². The van der Waals surface area contributed by atoms with E-state index >= 15 is 0 Å². The van der Waals surface area contributed by atoms with Gasteiger partial charge in [-0.2, -0.15) is 4.98 Å². The van der Waals surface area contributed by atoms with Crippen molar-refractivity contribution in [3.63, 3.8) is 0 Å². The molecule has 0 atom stereocenters. The number of hydrogen-bond donors (Lipinski definition) is 2. The fraction of sp³-hybridized carbons (Fsp3) is 0.133. The van der Waals surface area contributed by atoms with Gasteiger partial charge in [0.15, 0.2) is 5.82 Å².